The molecule has 5 nitrogen and oxygen atoms in total. The molecule has 3 aromatic carbocycles. The van der Waals surface area contributed by atoms with Crippen LogP contribution in [0.3, 0.4) is 0 Å². The van der Waals surface area contributed by atoms with E-state index in [1.165, 1.54) is 4.90 Å². The lowest BCUT2D eigenvalue weighted by Gasteiger charge is -2.29. The average molecular weight is 412 g/mol. The number of imide groups is 1. The van der Waals surface area contributed by atoms with Crippen LogP contribution in [0.25, 0.3) is 0 Å². The van der Waals surface area contributed by atoms with E-state index in [-0.39, 0.29) is 17.9 Å². The Morgan fingerprint density at radius 1 is 0.774 bits per heavy atom. The minimum atomic E-state index is -0.849. The number of hydroxylamine groups is 1. The lowest BCUT2D eigenvalue weighted by molar-refractivity contribution is -0.126. The number of carbonyl (C=O) groups excluding carboxylic acids is 2. The Morgan fingerprint density at radius 2 is 1.35 bits per heavy atom. The maximum Gasteiger partial charge on any atom is 0.266 e. The molecule has 3 atom stereocenters. The van der Waals surface area contributed by atoms with E-state index in [0.29, 0.717) is 5.69 Å². The molecule has 2 fully saturated rings. The van der Waals surface area contributed by atoms with Crippen LogP contribution in [-0.4, -0.2) is 17.9 Å². The molecule has 2 amide bonds. The van der Waals surface area contributed by atoms with Gasteiger partial charge in [0, 0.05) is 0 Å². The molecule has 3 aromatic rings. The van der Waals surface area contributed by atoms with Gasteiger partial charge in [0.05, 0.1) is 17.4 Å². The van der Waals surface area contributed by atoms with Gasteiger partial charge in [0.15, 0.2) is 6.10 Å². The SMILES string of the molecule is Cc1cc(C)c(N2C(=O)[C@H]3[C@H](ON(c4ccccc4)[C@H]3c3ccccc3)C2=O)c(C)c1. The zero-order valence-electron chi connectivity index (χ0n) is 17.8. The highest BCUT2D eigenvalue weighted by atomic mass is 16.7. The first-order chi connectivity index (χ1) is 15.0. The Balaban J connectivity index is 1.61. The summed E-state index contributed by atoms with van der Waals surface area (Å²) >= 11 is 0. The van der Waals surface area contributed by atoms with Crippen molar-refractivity contribution in [2.45, 2.75) is 32.9 Å². The average Bonchev–Trinajstić information content (AvgIpc) is 3.26. The monoisotopic (exact) mass is 412 g/mol. The molecule has 2 aliphatic rings. The molecule has 0 radical (unpaired) electrons. The highest BCUT2D eigenvalue weighted by Crippen LogP contribution is 2.48. The second-order valence-electron chi connectivity index (χ2n) is 8.33. The predicted molar refractivity (Wildman–Crippen MR) is 120 cm³/mol. The van der Waals surface area contributed by atoms with Crippen LogP contribution in [-0.2, 0) is 14.4 Å². The van der Waals surface area contributed by atoms with Crippen LogP contribution in [0.1, 0.15) is 28.3 Å². The van der Waals surface area contributed by atoms with E-state index in [1.807, 2.05) is 93.6 Å². The van der Waals surface area contributed by atoms with E-state index in [1.54, 1.807) is 5.06 Å². The molecule has 0 unspecified atom stereocenters. The highest BCUT2D eigenvalue weighted by molar-refractivity contribution is 6.24. The van der Waals surface area contributed by atoms with Crippen LogP contribution >= 0.6 is 0 Å². The molecular weight excluding hydrogens is 388 g/mol. The maximum absolute atomic E-state index is 13.7. The van der Waals surface area contributed by atoms with Gasteiger partial charge in [0.1, 0.15) is 5.92 Å². The van der Waals surface area contributed by atoms with Gasteiger partial charge in [-0.25, -0.2) is 9.96 Å². The lowest BCUT2D eigenvalue weighted by atomic mass is 9.90. The van der Waals surface area contributed by atoms with Gasteiger partial charge in [0.25, 0.3) is 5.91 Å². The van der Waals surface area contributed by atoms with E-state index in [9.17, 15) is 9.59 Å². The zero-order chi connectivity index (χ0) is 21.7. The molecule has 2 heterocycles. The van der Waals surface area contributed by atoms with E-state index in [0.717, 1.165) is 27.9 Å². The van der Waals surface area contributed by atoms with Gasteiger partial charge in [-0.1, -0.05) is 66.2 Å². The minimum absolute atomic E-state index is 0.211. The summed E-state index contributed by atoms with van der Waals surface area (Å²) in [6.07, 6.45) is -0.849. The normalized spacial score (nSPS) is 22.9. The van der Waals surface area contributed by atoms with Crippen LogP contribution in [0.5, 0.6) is 0 Å². The minimum Gasteiger partial charge on any atom is -0.273 e. The first-order valence-corrected chi connectivity index (χ1v) is 10.5. The number of anilines is 2. The van der Waals surface area contributed by atoms with Crippen molar-refractivity contribution >= 4 is 23.2 Å². The molecule has 0 spiro atoms. The molecule has 2 aliphatic heterocycles. The van der Waals surface area contributed by atoms with E-state index in [4.69, 9.17) is 4.84 Å². The summed E-state index contributed by atoms with van der Waals surface area (Å²) in [6.45, 7) is 5.89. The van der Waals surface area contributed by atoms with Crippen molar-refractivity contribution in [2.75, 3.05) is 9.96 Å². The Hall–Kier alpha value is -3.44. The second-order valence-corrected chi connectivity index (χ2v) is 8.33. The van der Waals surface area contributed by atoms with Crippen LogP contribution in [0, 0.1) is 26.7 Å². The molecule has 2 saturated heterocycles. The predicted octanol–water partition coefficient (Wildman–Crippen LogP) is 4.66. The lowest BCUT2D eigenvalue weighted by Crippen LogP contribution is -2.38. The van der Waals surface area contributed by atoms with Crippen molar-refractivity contribution in [2.24, 2.45) is 5.92 Å². The van der Waals surface area contributed by atoms with Crippen molar-refractivity contribution in [1.82, 2.24) is 0 Å². The van der Waals surface area contributed by atoms with Crippen molar-refractivity contribution in [3.8, 4) is 0 Å². The Bertz CT molecular complexity index is 1140. The number of aryl methyl sites for hydroxylation is 3. The number of amides is 2. The summed E-state index contributed by atoms with van der Waals surface area (Å²) in [5.41, 5.74) is 5.37. The van der Waals surface area contributed by atoms with E-state index in [2.05, 4.69) is 0 Å². The molecule has 0 N–H and O–H groups in total. The number of hydrogen-bond donors (Lipinski definition) is 0. The molecule has 0 saturated carbocycles. The van der Waals surface area contributed by atoms with E-state index >= 15 is 0 Å². The zero-order valence-corrected chi connectivity index (χ0v) is 17.8. The largest absolute Gasteiger partial charge is 0.273 e. The van der Waals surface area contributed by atoms with Gasteiger partial charge < -0.3 is 0 Å². The molecule has 0 aromatic heterocycles. The molecule has 0 bridgehead atoms. The maximum atomic E-state index is 13.7. The molecule has 5 heteroatoms. The Kier molecular flexibility index (Phi) is 4.63. The molecule has 156 valence electrons. The van der Waals surface area contributed by atoms with Gasteiger partial charge in [-0.05, 0) is 49.6 Å². The third kappa shape index (κ3) is 3.04. The van der Waals surface area contributed by atoms with Crippen LogP contribution in [0.2, 0.25) is 0 Å². The fraction of sp³-hybridized carbons (Fsp3) is 0.231. The van der Waals surface area contributed by atoms with Crippen molar-refractivity contribution in [1.29, 1.82) is 0 Å². The van der Waals surface area contributed by atoms with Gasteiger partial charge in [-0.2, -0.15) is 0 Å². The third-order valence-corrected chi connectivity index (χ3v) is 6.13. The first kappa shape index (κ1) is 19.5. The first-order valence-electron chi connectivity index (χ1n) is 10.5. The van der Waals surface area contributed by atoms with Gasteiger partial charge >= 0.3 is 0 Å². The molecule has 0 aliphatic carbocycles. The third-order valence-electron chi connectivity index (χ3n) is 6.13. The fourth-order valence-electron chi connectivity index (χ4n) is 4.95. The summed E-state index contributed by atoms with van der Waals surface area (Å²) in [5, 5.41) is 1.73. The summed E-state index contributed by atoms with van der Waals surface area (Å²) in [4.78, 5) is 34.8. The molecule has 31 heavy (non-hydrogen) atoms. The van der Waals surface area contributed by atoms with E-state index < -0.39 is 12.0 Å². The summed E-state index contributed by atoms with van der Waals surface area (Å²) in [6, 6.07) is 23.0. The van der Waals surface area contributed by atoms with Crippen LogP contribution < -0.4 is 9.96 Å². The number of rotatable bonds is 3. The number of benzene rings is 3. The standard InChI is InChI=1S/C26H24N2O3/c1-16-14-17(2)22(18(3)15-16)27-25(29)21-23(19-10-6-4-7-11-19)28(31-24(21)26(27)30)20-12-8-5-9-13-20/h4-15,21,23-24H,1-3H3/t21-,23+,24+/m1/s1. The van der Waals surface area contributed by atoms with Gasteiger partial charge in [0.2, 0.25) is 5.91 Å². The molecular formula is C26H24N2O3. The smallest absolute Gasteiger partial charge is 0.266 e. The fourth-order valence-corrected chi connectivity index (χ4v) is 4.95. The van der Waals surface area contributed by atoms with Gasteiger partial charge in [-0.3, -0.25) is 14.4 Å². The quantitative estimate of drug-likeness (QED) is 0.587. The molecule has 5 rings (SSSR count). The topological polar surface area (TPSA) is 49.9 Å². The Labute approximate surface area is 181 Å². The number of para-hydroxylation sites is 1. The second kappa shape index (κ2) is 7.36. The van der Waals surface area contributed by atoms with Crippen molar-refractivity contribution in [3.05, 3.63) is 95.1 Å². The number of nitrogens with zero attached hydrogens (tertiary/aromatic N) is 2. The summed E-state index contributed by atoms with van der Waals surface area (Å²) in [7, 11) is 0. The number of hydrogen-bond acceptors (Lipinski definition) is 4. The number of fused-ring (bicyclic) bond motifs is 1. The number of carbonyl (C=O) groups is 2. The summed E-state index contributed by atoms with van der Waals surface area (Å²) in [5.74, 6) is -1.13. The van der Waals surface area contributed by atoms with Crippen molar-refractivity contribution in [3.63, 3.8) is 0 Å². The van der Waals surface area contributed by atoms with Crippen molar-refractivity contribution < 1.29 is 14.4 Å². The van der Waals surface area contributed by atoms with Gasteiger partial charge in [-0.15, -0.1) is 0 Å². The summed E-state index contributed by atoms with van der Waals surface area (Å²) < 4.78 is 0. The van der Waals surface area contributed by atoms with Crippen LogP contribution in [0.15, 0.2) is 72.8 Å². The van der Waals surface area contributed by atoms with Crippen LogP contribution in [0.4, 0.5) is 11.4 Å². The Morgan fingerprint density at radius 3 is 1.97 bits per heavy atom. The highest BCUT2D eigenvalue weighted by Gasteiger charge is 2.60.